The minimum absolute atomic E-state index is 0.0339. The van der Waals surface area contributed by atoms with Gasteiger partial charge < -0.3 is 0 Å². The summed E-state index contributed by atoms with van der Waals surface area (Å²) in [6.45, 7) is 0.0410. The van der Waals surface area contributed by atoms with Gasteiger partial charge in [-0.25, -0.2) is 22.0 Å². The van der Waals surface area contributed by atoms with Crippen LogP contribution in [-0.4, -0.2) is 6.61 Å². The van der Waals surface area contributed by atoms with Crippen molar-refractivity contribution in [1.29, 1.82) is 0 Å². The molecule has 98 valence electrons. The summed E-state index contributed by atoms with van der Waals surface area (Å²) in [7, 11) is -1.79. The lowest BCUT2D eigenvalue weighted by Gasteiger charge is -2.16. The molecule has 0 saturated carbocycles. The van der Waals surface area contributed by atoms with Crippen LogP contribution in [0.15, 0.2) is 0 Å². The maximum atomic E-state index is 13.4. The van der Waals surface area contributed by atoms with Crippen molar-refractivity contribution in [3.05, 3.63) is 34.6 Å². The average molecular weight is 303 g/mol. The predicted octanol–water partition coefficient (Wildman–Crippen LogP) is 3.63. The minimum atomic E-state index is -2.19. The van der Waals surface area contributed by atoms with Crippen LogP contribution in [0.25, 0.3) is 0 Å². The van der Waals surface area contributed by atoms with Gasteiger partial charge in [-0.05, 0) is 0 Å². The molecule has 1 heterocycles. The summed E-state index contributed by atoms with van der Waals surface area (Å²) in [5.74, 6) is -9.96. The Morgan fingerprint density at radius 1 is 0.944 bits per heavy atom. The van der Waals surface area contributed by atoms with Gasteiger partial charge in [0.25, 0.3) is 0 Å². The van der Waals surface area contributed by atoms with E-state index in [1.807, 2.05) is 0 Å². The van der Waals surface area contributed by atoms with E-state index in [0.29, 0.717) is 0 Å². The predicted molar refractivity (Wildman–Crippen MR) is 54.9 cm³/mol. The molecule has 0 aromatic heterocycles. The Morgan fingerprint density at radius 3 is 1.94 bits per heavy atom. The number of benzene rings is 1. The molecule has 0 spiro atoms. The molecular formula is C9H5F5O2PS+. The van der Waals surface area contributed by atoms with Gasteiger partial charge in [0, 0.05) is 6.42 Å². The summed E-state index contributed by atoms with van der Waals surface area (Å²) >= 11 is 4.66. The Morgan fingerprint density at radius 2 is 1.44 bits per heavy atom. The van der Waals surface area contributed by atoms with Gasteiger partial charge in [-0.2, -0.15) is 0 Å². The first-order valence-corrected chi connectivity index (χ1v) is 6.90. The van der Waals surface area contributed by atoms with Crippen molar-refractivity contribution in [1.82, 2.24) is 0 Å². The monoisotopic (exact) mass is 303 g/mol. The molecular weight excluding hydrogens is 298 g/mol. The average Bonchev–Trinajstić information content (AvgIpc) is 2.34. The maximum Gasteiger partial charge on any atom is 0.522 e. The SMILES string of the molecule is Fc1c(F)c(F)c(C2CCO[P+](=S)O2)c(F)c1F. The van der Waals surface area contributed by atoms with E-state index in [4.69, 9.17) is 9.05 Å². The largest absolute Gasteiger partial charge is 0.522 e. The lowest BCUT2D eigenvalue weighted by Crippen LogP contribution is -2.16. The van der Waals surface area contributed by atoms with Crippen molar-refractivity contribution < 1.29 is 31.0 Å². The zero-order valence-electron chi connectivity index (χ0n) is 8.55. The number of rotatable bonds is 1. The molecule has 1 aromatic rings. The van der Waals surface area contributed by atoms with Crippen molar-refractivity contribution in [3.63, 3.8) is 0 Å². The third-order valence-corrected chi connectivity index (χ3v) is 3.75. The highest BCUT2D eigenvalue weighted by Crippen LogP contribution is 2.42. The van der Waals surface area contributed by atoms with Crippen molar-refractivity contribution in [2.45, 2.75) is 12.5 Å². The van der Waals surface area contributed by atoms with E-state index in [9.17, 15) is 22.0 Å². The quantitative estimate of drug-likeness (QED) is 0.341. The van der Waals surface area contributed by atoms with Crippen LogP contribution in [0.1, 0.15) is 18.1 Å². The summed E-state index contributed by atoms with van der Waals surface area (Å²) < 4.78 is 75.4. The van der Waals surface area contributed by atoms with Gasteiger partial charge in [0.2, 0.25) is 17.6 Å². The number of halogens is 5. The Bertz CT molecular complexity index is 495. The smallest absolute Gasteiger partial charge is 0.203 e. The first-order valence-electron chi connectivity index (χ1n) is 4.71. The van der Waals surface area contributed by atoms with Crippen LogP contribution >= 0.6 is 7.15 Å². The zero-order chi connectivity index (χ0) is 13.4. The van der Waals surface area contributed by atoms with Crippen LogP contribution in [0.3, 0.4) is 0 Å². The van der Waals surface area contributed by atoms with E-state index in [1.54, 1.807) is 0 Å². The van der Waals surface area contributed by atoms with Crippen LogP contribution in [-0.2, 0) is 20.9 Å². The second kappa shape index (κ2) is 5.13. The standard InChI is InChI=1S/C9H5F5O2PS/c10-5-4(3-1-2-15-17(18)16-3)6(11)8(13)9(14)7(5)12/h3H,1-2H2/q+1. The fourth-order valence-corrected chi connectivity index (χ4v) is 2.79. The van der Waals surface area contributed by atoms with E-state index in [-0.39, 0.29) is 13.0 Å². The maximum absolute atomic E-state index is 13.4. The molecule has 1 aromatic carbocycles. The van der Waals surface area contributed by atoms with Gasteiger partial charge in [-0.3, -0.25) is 0 Å². The lowest BCUT2D eigenvalue weighted by atomic mass is 10.0. The molecule has 0 amide bonds. The molecule has 0 bridgehead atoms. The molecule has 0 N–H and O–H groups in total. The van der Waals surface area contributed by atoms with Crippen LogP contribution in [0.2, 0.25) is 0 Å². The second-order valence-electron chi connectivity index (χ2n) is 3.42. The molecule has 2 nitrogen and oxygen atoms in total. The van der Waals surface area contributed by atoms with Crippen molar-refractivity contribution in [2.24, 2.45) is 0 Å². The molecule has 0 aliphatic carbocycles. The fourth-order valence-electron chi connectivity index (χ4n) is 1.52. The highest BCUT2D eigenvalue weighted by atomic mass is 32.4. The molecule has 1 aliphatic heterocycles. The summed E-state index contributed by atoms with van der Waals surface area (Å²) in [6.07, 6.45) is -1.32. The topological polar surface area (TPSA) is 18.5 Å². The Hall–Kier alpha value is -0.690. The van der Waals surface area contributed by atoms with Crippen molar-refractivity contribution >= 4 is 19.0 Å². The molecule has 2 atom stereocenters. The fraction of sp³-hybridized carbons (Fsp3) is 0.333. The second-order valence-corrected chi connectivity index (χ2v) is 5.23. The Labute approximate surface area is 104 Å². The van der Waals surface area contributed by atoms with Gasteiger partial charge in [0.15, 0.2) is 23.3 Å². The summed E-state index contributed by atoms with van der Waals surface area (Å²) in [4.78, 5) is 0. The molecule has 18 heavy (non-hydrogen) atoms. The van der Waals surface area contributed by atoms with Crippen LogP contribution in [0.5, 0.6) is 0 Å². The molecule has 1 aliphatic rings. The summed E-state index contributed by atoms with van der Waals surface area (Å²) in [6, 6.07) is 0. The normalized spacial score (nSPS) is 22.3. The molecule has 9 heteroatoms. The molecule has 1 fully saturated rings. The van der Waals surface area contributed by atoms with Gasteiger partial charge >= 0.3 is 7.15 Å². The van der Waals surface area contributed by atoms with Gasteiger partial charge in [0.1, 0.15) is 12.7 Å². The summed E-state index contributed by atoms with van der Waals surface area (Å²) in [5.41, 5.74) is -0.993. The minimum Gasteiger partial charge on any atom is -0.203 e. The van der Waals surface area contributed by atoms with Crippen LogP contribution in [0.4, 0.5) is 22.0 Å². The van der Waals surface area contributed by atoms with Gasteiger partial charge in [-0.1, -0.05) is 0 Å². The highest BCUT2D eigenvalue weighted by Gasteiger charge is 2.37. The molecule has 2 rings (SSSR count). The Kier molecular flexibility index (Phi) is 3.91. The van der Waals surface area contributed by atoms with E-state index < -0.39 is 47.9 Å². The van der Waals surface area contributed by atoms with E-state index in [0.717, 1.165) is 0 Å². The van der Waals surface area contributed by atoms with E-state index in [1.165, 1.54) is 0 Å². The third-order valence-electron chi connectivity index (χ3n) is 2.36. The highest BCUT2D eigenvalue weighted by molar-refractivity contribution is 8.00. The summed E-state index contributed by atoms with van der Waals surface area (Å²) in [5, 5.41) is 0. The van der Waals surface area contributed by atoms with E-state index >= 15 is 0 Å². The zero-order valence-corrected chi connectivity index (χ0v) is 10.3. The first kappa shape index (κ1) is 13.7. The lowest BCUT2D eigenvalue weighted by molar-refractivity contribution is 0.111. The van der Waals surface area contributed by atoms with Crippen molar-refractivity contribution in [3.8, 4) is 0 Å². The Balaban J connectivity index is 2.53. The molecule has 1 saturated heterocycles. The van der Waals surface area contributed by atoms with Crippen LogP contribution < -0.4 is 0 Å². The first-order chi connectivity index (χ1) is 8.43. The van der Waals surface area contributed by atoms with E-state index in [2.05, 4.69) is 11.8 Å². The third kappa shape index (κ3) is 2.25. The number of hydrogen-bond donors (Lipinski definition) is 0. The van der Waals surface area contributed by atoms with Gasteiger partial charge in [-0.15, -0.1) is 9.05 Å². The van der Waals surface area contributed by atoms with Gasteiger partial charge in [0.05, 0.1) is 5.56 Å². The molecule has 0 radical (unpaired) electrons. The molecule has 2 unspecified atom stereocenters. The van der Waals surface area contributed by atoms with Crippen LogP contribution in [0, 0.1) is 29.1 Å². The number of hydrogen-bond acceptors (Lipinski definition) is 3. The van der Waals surface area contributed by atoms with Crippen molar-refractivity contribution in [2.75, 3.05) is 6.61 Å².